The van der Waals surface area contributed by atoms with Crippen molar-refractivity contribution in [2.75, 3.05) is 25.5 Å². The Morgan fingerprint density at radius 2 is 1.93 bits per heavy atom. The SMILES string of the molecule is CCN(CC)S(=O)(=O)c1ccc(OC)c(NC(=O)/C=C/c2ccc(C)s2)c1. The number of nitrogens with one attached hydrogen (secondary N) is 1. The molecule has 0 radical (unpaired) electrons. The van der Waals surface area contributed by atoms with Crippen LogP contribution in [0.15, 0.2) is 41.3 Å². The monoisotopic (exact) mass is 408 g/mol. The van der Waals surface area contributed by atoms with Gasteiger partial charge in [-0.1, -0.05) is 13.8 Å². The molecule has 0 fully saturated rings. The van der Waals surface area contributed by atoms with Gasteiger partial charge in [-0.3, -0.25) is 4.79 Å². The highest BCUT2D eigenvalue weighted by atomic mass is 32.2. The van der Waals surface area contributed by atoms with Gasteiger partial charge in [0.05, 0.1) is 17.7 Å². The van der Waals surface area contributed by atoms with Crippen molar-refractivity contribution in [2.45, 2.75) is 25.7 Å². The van der Waals surface area contributed by atoms with Gasteiger partial charge in [-0.05, 0) is 43.3 Å². The van der Waals surface area contributed by atoms with E-state index >= 15 is 0 Å². The van der Waals surface area contributed by atoms with E-state index in [1.807, 2.05) is 19.1 Å². The Morgan fingerprint density at radius 1 is 1.22 bits per heavy atom. The fourth-order valence-corrected chi connectivity index (χ4v) is 4.80. The number of benzene rings is 1. The van der Waals surface area contributed by atoms with Gasteiger partial charge in [0.15, 0.2) is 0 Å². The van der Waals surface area contributed by atoms with E-state index in [2.05, 4.69) is 5.32 Å². The smallest absolute Gasteiger partial charge is 0.248 e. The van der Waals surface area contributed by atoms with E-state index in [1.165, 1.54) is 29.6 Å². The number of hydrogen-bond acceptors (Lipinski definition) is 5. The largest absolute Gasteiger partial charge is 0.495 e. The molecule has 8 heteroatoms. The standard InChI is InChI=1S/C19H24N2O4S2/c1-5-21(6-2)27(23,24)16-10-11-18(25-4)17(13-16)20-19(22)12-9-15-8-7-14(3)26-15/h7-13H,5-6H2,1-4H3,(H,20,22)/b12-9+. The zero-order valence-electron chi connectivity index (χ0n) is 15.9. The summed E-state index contributed by atoms with van der Waals surface area (Å²) in [5.41, 5.74) is 0.308. The number of rotatable bonds is 8. The number of carbonyl (C=O) groups is 1. The van der Waals surface area contributed by atoms with Gasteiger partial charge in [0.25, 0.3) is 0 Å². The number of aryl methyl sites for hydroxylation is 1. The quantitative estimate of drug-likeness (QED) is 0.675. The fourth-order valence-electron chi connectivity index (χ4n) is 2.53. The van der Waals surface area contributed by atoms with Crippen molar-refractivity contribution in [3.05, 3.63) is 46.2 Å². The van der Waals surface area contributed by atoms with Gasteiger partial charge < -0.3 is 10.1 Å². The van der Waals surface area contributed by atoms with E-state index in [4.69, 9.17) is 4.74 Å². The molecule has 0 unspecified atom stereocenters. The molecule has 0 aliphatic carbocycles. The summed E-state index contributed by atoms with van der Waals surface area (Å²) in [5, 5.41) is 2.70. The Morgan fingerprint density at radius 3 is 2.48 bits per heavy atom. The van der Waals surface area contributed by atoms with Crippen molar-refractivity contribution < 1.29 is 17.9 Å². The normalized spacial score (nSPS) is 11.9. The Labute approximate surface area is 164 Å². The molecule has 27 heavy (non-hydrogen) atoms. The molecule has 6 nitrogen and oxygen atoms in total. The van der Waals surface area contributed by atoms with E-state index in [-0.39, 0.29) is 10.8 Å². The lowest BCUT2D eigenvalue weighted by atomic mass is 10.3. The summed E-state index contributed by atoms with van der Waals surface area (Å²) in [6.45, 7) is 6.30. The molecule has 0 bridgehead atoms. The Balaban J connectivity index is 2.27. The van der Waals surface area contributed by atoms with Crippen LogP contribution in [-0.2, 0) is 14.8 Å². The third-order valence-electron chi connectivity index (χ3n) is 3.93. The number of methoxy groups -OCH3 is 1. The highest BCUT2D eigenvalue weighted by Gasteiger charge is 2.23. The molecule has 0 saturated carbocycles. The van der Waals surface area contributed by atoms with Crippen LogP contribution in [0.3, 0.4) is 0 Å². The van der Waals surface area contributed by atoms with Crippen LogP contribution in [0, 0.1) is 6.92 Å². The number of nitrogens with zero attached hydrogens (tertiary/aromatic N) is 1. The van der Waals surface area contributed by atoms with Crippen molar-refractivity contribution in [2.24, 2.45) is 0 Å². The molecule has 0 aliphatic rings. The first-order chi connectivity index (χ1) is 12.8. The first kappa shape index (κ1) is 21.1. The second-order valence-electron chi connectivity index (χ2n) is 5.72. The summed E-state index contributed by atoms with van der Waals surface area (Å²) >= 11 is 1.58. The zero-order chi connectivity index (χ0) is 20.0. The number of sulfonamides is 1. The topological polar surface area (TPSA) is 75.7 Å². The minimum absolute atomic E-state index is 0.111. The van der Waals surface area contributed by atoms with E-state index in [0.717, 1.165) is 9.75 Å². The van der Waals surface area contributed by atoms with Crippen molar-refractivity contribution in [1.82, 2.24) is 4.31 Å². The van der Waals surface area contributed by atoms with E-state index in [9.17, 15) is 13.2 Å². The maximum Gasteiger partial charge on any atom is 0.248 e. The maximum absolute atomic E-state index is 12.7. The fraction of sp³-hybridized carbons (Fsp3) is 0.316. The minimum atomic E-state index is -3.63. The average Bonchev–Trinajstić information content (AvgIpc) is 3.06. The zero-order valence-corrected chi connectivity index (χ0v) is 17.5. The molecule has 1 aromatic heterocycles. The average molecular weight is 409 g/mol. The maximum atomic E-state index is 12.7. The Bertz CT molecular complexity index is 929. The molecule has 1 N–H and O–H groups in total. The van der Waals surface area contributed by atoms with Gasteiger partial charge in [0.2, 0.25) is 15.9 Å². The first-order valence-electron chi connectivity index (χ1n) is 8.55. The van der Waals surface area contributed by atoms with Crippen LogP contribution < -0.4 is 10.1 Å². The highest BCUT2D eigenvalue weighted by molar-refractivity contribution is 7.89. The number of thiophene rings is 1. The van der Waals surface area contributed by atoms with Crippen LogP contribution in [0.2, 0.25) is 0 Å². The molecule has 2 rings (SSSR count). The predicted molar refractivity (Wildman–Crippen MR) is 110 cm³/mol. The van der Waals surface area contributed by atoms with Crippen LogP contribution in [0.1, 0.15) is 23.6 Å². The summed E-state index contributed by atoms with van der Waals surface area (Å²) in [6, 6.07) is 8.35. The molecule has 1 aromatic carbocycles. The van der Waals surface area contributed by atoms with Gasteiger partial charge in [-0.2, -0.15) is 4.31 Å². The molecule has 0 saturated heterocycles. The van der Waals surface area contributed by atoms with Crippen molar-refractivity contribution >= 4 is 39.0 Å². The third-order valence-corrected chi connectivity index (χ3v) is 6.94. The second-order valence-corrected chi connectivity index (χ2v) is 8.98. The molecule has 0 atom stereocenters. The second kappa shape index (κ2) is 9.16. The highest BCUT2D eigenvalue weighted by Crippen LogP contribution is 2.29. The molecule has 0 spiro atoms. The van der Waals surface area contributed by atoms with Gasteiger partial charge >= 0.3 is 0 Å². The Kier molecular flexibility index (Phi) is 7.18. The number of hydrogen-bond donors (Lipinski definition) is 1. The van der Waals surface area contributed by atoms with Crippen molar-refractivity contribution in [1.29, 1.82) is 0 Å². The van der Waals surface area contributed by atoms with Crippen molar-refractivity contribution in [3.63, 3.8) is 0 Å². The molecule has 2 aromatic rings. The predicted octanol–water partition coefficient (Wildman–Crippen LogP) is 3.75. The Hall–Kier alpha value is -2.16. The lowest BCUT2D eigenvalue weighted by Crippen LogP contribution is -2.30. The number of carbonyl (C=O) groups excluding carboxylic acids is 1. The van der Waals surface area contributed by atoms with E-state index in [0.29, 0.717) is 24.5 Å². The van der Waals surface area contributed by atoms with Gasteiger partial charge in [0.1, 0.15) is 5.75 Å². The van der Waals surface area contributed by atoms with Crippen molar-refractivity contribution in [3.8, 4) is 5.75 Å². The van der Waals surface area contributed by atoms with Crippen LogP contribution in [0.4, 0.5) is 5.69 Å². The van der Waals surface area contributed by atoms with Gasteiger partial charge in [-0.15, -0.1) is 11.3 Å². The van der Waals surface area contributed by atoms with Crippen LogP contribution >= 0.6 is 11.3 Å². The molecule has 1 amide bonds. The summed E-state index contributed by atoms with van der Waals surface area (Å²) in [4.78, 5) is 14.5. The minimum Gasteiger partial charge on any atom is -0.495 e. The summed E-state index contributed by atoms with van der Waals surface area (Å²) in [7, 11) is -2.16. The molecule has 1 heterocycles. The van der Waals surface area contributed by atoms with Crippen LogP contribution in [0.5, 0.6) is 5.75 Å². The van der Waals surface area contributed by atoms with Crippen LogP contribution in [0.25, 0.3) is 6.08 Å². The van der Waals surface area contributed by atoms with Gasteiger partial charge in [-0.25, -0.2) is 8.42 Å². The molecular weight excluding hydrogens is 384 g/mol. The molecule has 0 aliphatic heterocycles. The lowest BCUT2D eigenvalue weighted by molar-refractivity contribution is -0.111. The molecular formula is C19H24N2O4S2. The van der Waals surface area contributed by atoms with E-state index < -0.39 is 10.0 Å². The summed E-state index contributed by atoms with van der Waals surface area (Å²) in [6.07, 6.45) is 3.13. The van der Waals surface area contributed by atoms with E-state index in [1.54, 1.807) is 37.3 Å². The lowest BCUT2D eigenvalue weighted by Gasteiger charge is -2.19. The molecule has 146 valence electrons. The number of amides is 1. The van der Waals surface area contributed by atoms with Crippen LogP contribution in [-0.4, -0.2) is 38.8 Å². The first-order valence-corrected chi connectivity index (χ1v) is 10.8. The number of anilines is 1. The summed E-state index contributed by atoms with van der Waals surface area (Å²) < 4.78 is 32.0. The summed E-state index contributed by atoms with van der Waals surface area (Å²) in [5.74, 6) is 0.0268. The third kappa shape index (κ3) is 5.18. The van der Waals surface area contributed by atoms with Gasteiger partial charge in [0, 0.05) is 28.9 Å². The number of ether oxygens (including phenoxy) is 1.